The SMILES string of the molecule is CCN(CC(=O)NCc1ccc(F)cc1)Cc1cccc(C(=O)O)c1. The van der Waals surface area contributed by atoms with Crippen molar-refractivity contribution < 1.29 is 19.1 Å². The van der Waals surface area contributed by atoms with Gasteiger partial charge in [0.2, 0.25) is 5.91 Å². The van der Waals surface area contributed by atoms with E-state index in [0.29, 0.717) is 19.6 Å². The second kappa shape index (κ2) is 8.94. The number of benzene rings is 2. The molecule has 0 unspecified atom stereocenters. The van der Waals surface area contributed by atoms with E-state index in [1.165, 1.54) is 18.2 Å². The number of rotatable bonds is 8. The van der Waals surface area contributed by atoms with Crippen LogP contribution in [-0.2, 0) is 17.9 Å². The smallest absolute Gasteiger partial charge is 0.335 e. The van der Waals surface area contributed by atoms with E-state index in [4.69, 9.17) is 5.11 Å². The summed E-state index contributed by atoms with van der Waals surface area (Å²) in [6, 6.07) is 12.7. The van der Waals surface area contributed by atoms with Gasteiger partial charge >= 0.3 is 5.97 Å². The van der Waals surface area contributed by atoms with Crippen LogP contribution >= 0.6 is 0 Å². The van der Waals surface area contributed by atoms with Crippen LogP contribution in [0.2, 0.25) is 0 Å². The summed E-state index contributed by atoms with van der Waals surface area (Å²) >= 11 is 0. The Morgan fingerprint density at radius 2 is 1.84 bits per heavy atom. The van der Waals surface area contributed by atoms with E-state index in [-0.39, 0.29) is 23.8 Å². The standard InChI is InChI=1S/C19H21FN2O3/c1-2-22(12-15-4-3-5-16(10-15)19(24)25)13-18(23)21-11-14-6-8-17(20)9-7-14/h3-10H,2,11-13H2,1H3,(H,21,23)(H,24,25). The number of carbonyl (C=O) groups excluding carboxylic acids is 1. The van der Waals surface area contributed by atoms with Gasteiger partial charge < -0.3 is 10.4 Å². The Balaban J connectivity index is 1.88. The lowest BCUT2D eigenvalue weighted by Gasteiger charge is -2.20. The maximum absolute atomic E-state index is 12.9. The first-order chi connectivity index (χ1) is 12.0. The minimum atomic E-state index is -0.970. The van der Waals surface area contributed by atoms with Gasteiger partial charge in [0.15, 0.2) is 0 Å². The van der Waals surface area contributed by atoms with Crippen LogP contribution in [-0.4, -0.2) is 35.0 Å². The van der Waals surface area contributed by atoms with E-state index in [2.05, 4.69) is 5.32 Å². The van der Waals surface area contributed by atoms with Crippen molar-refractivity contribution in [3.05, 3.63) is 71.0 Å². The fourth-order valence-corrected chi connectivity index (χ4v) is 2.40. The van der Waals surface area contributed by atoms with E-state index in [1.54, 1.807) is 24.3 Å². The van der Waals surface area contributed by atoms with Gasteiger partial charge in [0.05, 0.1) is 12.1 Å². The summed E-state index contributed by atoms with van der Waals surface area (Å²) in [4.78, 5) is 25.0. The number of carbonyl (C=O) groups is 2. The van der Waals surface area contributed by atoms with E-state index in [9.17, 15) is 14.0 Å². The molecule has 1 amide bonds. The molecule has 0 aliphatic carbocycles. The Labute approximate surface area is 146 Å². The average molecular weight is 344 g/mol. The maximum atomic E-state index is 12.9. The fraction of sp³-hybridized carbons (Fsp3) is 0.263. The van der Waals surface area contributed by atoms with Crippen LogP contribution in [0.1, 0.15) is 28.4 Å². The zero-order chi connectivity index (χ0) is 18.2. The Morgan fingerprint density at radius 3 is 2.48 bits per heavy atom. The molecule has 2 aromatic carbocycles. The maximum Gasteiger partial charge on any atom is 0.335 e. The summed E-state index contributed by atoms with van der Waals surface area (Å²) in [5.74, 6) is -1.42. The van der Waals surface area contributed by atoms with Crippen molar-refractivity contribution in [2.75, 3.05) is 13.1 Å². The number of likely N-dealkylation sites (N-methyl/N-ethyl adjacent to an activating group) is 1. The highest BCUT2D eigenvalue weighted by molar-refractivity contribution is 5.87. The minimum Gasteiger partial charge on any atom is -0.478 e. The highest BCUT2D eigenvalue weighted by atomic mass is 19.1. The molecule has 0 radical (unpaired) electrons. The van der Waals surface area contributed by atoms with Gasteiger partial charge in [-0.3, -0.25) is 9.69 Å². The molecule has 0 aliphatic heterocycles. The second-order valence-electron chi connectivity index (χ2n) is 5.71. The highest BCUT2D eigenvalue weighted by Crippen LogP contribution is 2.09. The van der Waals surface area contributed by atoms with Crippen LogP contribution in [0.15, 0.2) is 48.5 Å². The molecule has 5 nitrogen and oxygen atoms in total. The van der Waals surface area contributed by atoms with Gasteiger partial charge in [-0.25, -0.2) is 9.18 Å². The van der Waals surface area contributed by atoms with Crippen LogP contribution in [0.5, 0.6) is 0 Å². The van der Waals surface area contributed by atoms with Crippen molar-refractivity contribution in [1.82, 2.24) is 10.2 Å². The molecule has 0 heterocycles. The molecule has 0 fully saturated rings. The number of halogens is 1. The first kappa shape index (κ1) is 18.6. The fourth-order valence-electron chi connectivity index (χ4n) is 2.40. The number of nitrogens with one attached hydrogen (secondary N) is 1. The molecule has 2 rings (SSSR count). The summed E-state index contributed by atoms with van der Waals surface area (Å²) in [5, 5.41) is 11.8. The number of carboxylic acids is 1. The lowest BCUT2D eigenvalue weighted by atomic mass is 10.1. The summed E-state index contributed by atoms with van der Waals surface area (Å²) in [6.45, 7) is 3.62. The average Bonchev–Trinajstić information content (AvgIpc) is 2.61. The molecule has 25 heavy (non-hydrogen) atoms. The predicted octanol–water partition coefficient (Wildman–Crippen LogP) is 2.66. The van der Waals surface area contributed by atoms with Crippen molar-refractivity contribution in [2.45, 2.75) is 20.0 Å². The summed E-state index contributed by atoms with van der Waals surface area (Å²) < 4.78 is 12.9. The molecule has 0 bridgehead atoms. The minimum absolute atomic E-state index is 0.138. The Bertz CT molecular complexity index is 732. The molecule has 6 heteroatoms. The third kappa shape index (κ3) is 6.00. The molecular formula is C19H21FN2O3. The summed E-state index contributed by atoms with van der Waals surface area (Å²) in [5.41, 5.74) is 1.90. The molecule has 0 atom stereocenters. The lowest BCUT2D eigenvalue weighted by Crippen LogP contribution is -2.36. The Morgan fingerprint density at radius 1 is 1.12 bits per heavy atom. The van der Waals surface area contributed by atoms with Crippen LogP contribution in [0.25, 0.3) is 0 Å². The van der Waals surface area contributed by atoms with Crippen molar-refractivity contribution in [1.29, 1.82) is 0 Å². The second-order valence-corrected chi connectivity index (χ2v) is 5.71. The quantitative estimate of drug-likeness (QED) is 0.772. The van der Waals surface area contributed by atoms with Gasteiger partial charge in [0.1, 0.15) is 5.82 Å². The third-order valence-corrected chi connectivity index (χ3v) is 3.80. The van der Waals surface area contributed by atoms with Crippen LogP contribution in [0.4, 0.5) is 4.39 Å². The van der Waals surface area contributed by atoms with Gasteiger partial charge in [0.25, 0.3) is 0 Å². The van der Waals surface area contributed by atoms with Crippen LogP contribution in [0.3, 0.4) is 0 Å². The predicted molar refractivity (Wildman–Crippen MR) is 92.6 cm³/mol. The molecule has 0 spiro atoms. The topological polar surface area (TPSA) is 69.6 Å². The number of hydrogen-bond donors (Lipinski definition) is 2. The van der Waals surface area contributed by atoms with Crippen molar-refractivity contribution in [3.8, 4) is 0 Å². The van der Waals surface area contributed by atoms with Gasteiger partial charge in [0, 0.05) is 13.1 Å². The molecule has 0 aliphatic rings. The van der Waals surface area contributed by atoms with Crippen LogP contribution in [0, 0.1) is 5.82 Å². The number of aromatic carboxylic acids is 1. The van der Waals surface area contributed by atoms with Gasteiger partial charge in [-0.05, 0) is 41.9 Å². The molecule has 0 saturated heterocycles. The Hall–Kier alpha value is -2.73. The van der Waals surface area contributed by atoms with E-state index < -0.39 is 5.97 Å². The van der Waals surface area contributed by atoms with Gasteiger partial charge in [-0.15, -0.1) is 0 Å². The molecule has 0 saturated carbocycles. The summed E-state index contributed by atoms with van der Waals surface area (Å²) in [7, 11) is 0. The first-order valence-corrected chi connectivity index (χ1v) is 8.03. The summed E-state index contributed by atoms with van der Waals surface area (Å²) in [6.07, 6.45) is 0. The molecule has 0 aromatic heterocycles. The third-order valence-electron chi connectivity index (χ3n) is 3.80. The zero-order valence-electron chi connectivity index (χ0n) is 14.0. The monoisotopic (exact) mass is 344 g/mol. The molecule has 2 aromatic rings. The Kier molecular flexibility index (Phi) is 6.65. The largest absolute Gasteiger partial charge is 0.478 e. The molecule has 2 N–H and O–H groups in total. The van der Waals surface area contributed by atoms with Gasteiger partial charge in [-0.1, -0.05) is 31.2 Å². The van der Waals surface area contributed by atoms with Crippen molar-refractivity contribution in [3.63, 3.8) is 0 Å². The van der Waals surface area contributed by atoms with E-state index in [0.717, 1.165) is 11.1 Å². The normalized spacial score (nSPS) is 10.7. The highest BCUT2D eigenvalue weighted by Gasteiger charge is 2.11. The molecule has 132 valence electrons. The van der Waals surface area contributed by atoms with Gasteiger partial charge in [-0.2, -0.15) is 0 Å². The van der Waals surface area contributed by atoms with Crippen molar-refractivity contribution in [2.24, 2.45) is 0 Å². The molecular weight excluding hydrogens is 323 g/mol. The first-order valence-electron chi connectivity index (χ1n) is 8.03. The number of nitrogens with zero attached hydrogens (tertiary/aromatic N) is 1. The van der Waals surface area contributed by atoms with Crippen molar-refractivity contribution >= 4 is 11.9 Å². The zero-order valence-corrected chi connectivity index (χ0v) is 14.0. The van der Waals surface area contributed by atoms with E-state index >= 15 is 0 Å². The van der Waals surface area contributed by atoms with Crippen LogP contribution < -0.4 is 5.32 Å². The number of amides is 1. The number of carboxylic acid groups (broad SMARTS) is 1. The lowest BCUT2D eigenvalue weighted by molar-refractivity contribution is -0.122. The van der Waals surface area contributed by atoms with E-state index in [1.807, 2.05) is 17.9 Å². The number of hydrogen-bond acceptors (Lipinski definition) is 3.